The Morgan fingerprint density at radius 2 is 2.06 bits per heavy atom. The lowest BCUT2D eigenvalue weighted by Crippen LogP contribution is -2.44. The molecule has 0 heterocycles. The Morgan fingerprint density at radius 1 is 1.33 bits per heavy atom. The van der Waals surface area contributed by atoms with E-state index in [-0.39, 0.29) is 0 Å². The minimum absolute atomic E-state index is 0.294. The quantitative estimate of drug-likeness (QED) is 0.834. The third-order valence-corrected chi connectivity index (χ3v) is 4.20. The van der Waals surface area contributed by atoms with Crippen LogP contribution < -0.4 is 5.32 Å². The van der Waals surface area contributed by atoms with E-state index < -0.39 is 0 Å². The lowest BCUT2D eigenvalue weighted by atomic mass is 9.73. The summed E-state index contributed by atoms with van der Waals surface area (Å²) >= 11 is 0. The summed E-state index contributed by atoms with van der Waals surface area (Å²) in [5, 5.41) is 3.44. The largest absolute Gasteiger partial charge is 0.380 e. The summed E-state index contributed by atoms with van der Waals surface area (Å²) in [6.07, 6.45) is 2.69. The van der Waals surface area contributed by atoms with Crippen molar-refractivity contribution < 1.29 is 4.74 Å². The number of ether oxygens (including phenoxy) is 1. The lowest BCUT2D eigenvalue weighted by Gasteiger charge is -2.36. The maximum Gasteiger partial charge on any atom is 0.0747 e. The van der Waals surface area contributed by atoms with Crippen LogP contribution in [0.1, 0.15) is 37.3 Å². The van der Waals surface area contributed by atoms with Crippen LogP contribution >= 0.6 is 0 Å². The normalized spacial score (nSPS) is 21.3. The summed E-state index contributed by atoms with van der Waals surface area (Å²) in [6, 6.07) is 9.24. The fourth-order valence-electron chi connectivity index (χ4n) is 3.20. The SMILES string of the molecule is CNC(CC1Cc2ccccc21)C(OC)C(C)C. The first kappa shape index (κ1) is 13.6. The number of benzene rings is 1. The predicted molar refractivity (Wildman–Crippen MR) is 76.0 cm³/mol. The Kier molecular flexibility index (Phi) is 4.41. The van der Waals surface area contributed by atoms with Crippen molar-refractivity contribution in [1.29, 1.82) is 0 Å². The Balaban J connectivity index is 2.01. The molecule has 1 N–H and O–H groups in total. The fraction of sp³-hybridized carbons (Fsp3) is 0.625. The summed E-state index contributed by atoms with van der Waals surface area (Å²) in [7, 11) is 3.87. The molecular weight excluding hydrogens is 222 g/mol. The highest BCUT2D eigenvalue weighted by molar-refractivity contribution is 5.39. The number of rotatable bonds is 6. The maximum atomic E-state index is 5.66. The van der Waals surface area contributed by atoms with Crippen LogP contribution in [0.25, 0.3) is 0 Å². The summed E-state index contributed by atoms with van der Waals surface area (Å²) < 4.78 is 5.66. The average molecular weight is 247 g/mol. The molecule has 2 nitrogen and oxygen atoms in total. The lowest BCUT2D eigenvalue weighted by molar-refractivity contribution is 0.0302. The Bertz CT molecular complexity index is 388. The van der Waals surface area contributed by atoms with E-state index >= 15 is 0 Å². The first-order valence-electron chi connectivity index (χ1n) is 6.95. The van der Waals surface area contributed by atoms with E-state index in [4.69, 9.17) is 4.74 Å². The van der Waals surface area contributed by atoms with Crippen molar-refractivity contribution >= 4 is 0 Å². The van der Waals surface area contributed by atoms with Gasteiger partial charge in [0.1, 0.15) is 0 Å². The molecule has 0 saturated carbocycles. The molecule has 0 radical (unpaired) electrons. The number of hydrogen-bond donors (Lipinski definition) is 1. The molecule has 1 aromatic rings. The maximum absolute atomic E-state index is 5.66. The van der Waals surface area contributed by atoms with Crippen molar-refractivity contribution in [2.75, 3.05) is 14.2 Å². The second-order valence-electron chi connectivity index (χ2n) is 5.68. The standard InChI is InChI=1S/C16H25NO/c1-11(2)16(18-4)15(17-3)10-13-9-12-7-5-6-8-14(12)13/h5-8,11,13,15-17H,9-10H2,1-4H3. The van der Waals surface area contributed by atoms with Crippen LogP contribution in [0.5, 0.6) is 0 Å². The summed E-state index contributed by atoms with van der Waals surface area (Å²) in [5.74, 6) is 1.25. The zero-order chi connectivity index (χ0) is 13.1. The molecule has 0 bridgehead atoms. The van der Waals surface area contributed by atoms with Gasteiger partial charge in [-0.2, -0.15) is 0 Å². The molecule has 0 fully saturated rings. The van der Waals surface area contributed by atoms with Gasteiger partial charge in [-0.25, -0.2) is 0 Å². The molecule has 100 valence electrons. The second kappa shape index (κ2) is 5.85. The molecule has 1 aliphatic rings. The van der Waals surface area contributed by atoms with E-state index in [1.807, 2.05) is 14.2 Å². The van der Waals surface area contributed by atoms with Gasteiger partial charge in [-0.05, 0) is 42.9 Å². The second-order valence-corrected chi connectivity index (χ2v) is 5.68. The summed E-state index contributed by atoms with van der Waals surface area (Å²) in [6.45, 7) is 4.46. The number of methoxy groups -OCH3 is 1. The van der Waals surface area contributed by atoms with Crippen LogP contribution in [-0.4, -0.2) is 26.3 Å². The van der Waals surface area contributed by atoms with Crippen LogP contribution in [0.2, 0.25) is 0 Å². The van der Waals surface area contributed by atoms with Crippen LogP contribution in [0.4, 0.5) is 0 Å². The van der Waals surface area contributed by atoms with E-state index in [0.29, 0.717) is 24.0 Å². The molecule has 2 rings (SSSR count). The van der Waals surface area contributed by atoms with E-state index in [1.165, 1.54) is 24.0 Å². The van der Waals surface area contributed by atoms with Crippen LogP contribution in [-0.2, 0) is 11.2 Å². The Morgan fingerprint density at radius 3 is 2.61 bits per heavy atom. The molecule has 0 aliphatic heterocycles. The fourth-order valence-corrected chi connectivity index (χ4v) is 3.20. The predicted octanol–water partition coefficient (Wildman–Crippen LogP) is 2.98. The third kappa shape index (κ3) is 2.60. The van der Waals surface area contributed by atoms with Gasteiger partial charge in [-0.15, -0.1) is 0 Å². The van der Waals surface area contributed by atoms with Crippen LogP contribution in [0.3, 0.4) is 0 Å². The highest BCUT2D eigenvalue weighted by atomic mass is 16.5. The minimum atomic E-state index is 0.294. The number of nitrogens with one attached hydrogen (secondary N) is 1. The first-order chi connectivity index (χ1) is 8.67. The minimum Gasteiger partial charge on any atom is -0.380 e. The molecule has 3 atom stereocenters. The molecule has 0 aromatic heterocycles. The number of likely N-dealkylation sites (N-methyl/N-ethyl adjacent to an activating group) is 1. The number of fused-ring (bicyclic) bond motifs is 1. The highest BCUT2D eigenvalue weighted by Gasteiger charge is 2.31. The van der Waals surface area contributed by atoms with Gasteiger partial charge >= 0.3 is 0 Å². The van der Waals surface area contributed by atoms with Gasteiger partial charge in [-0.1, -0.05) is 38.1 Å². The van der Waals surface area contributed by atoms with Crippen molar-refractivity contribution in [2.45, 2.75) is 44.8 Å². The van der Waals surface area contributed by atoms with Gasteiger partial charge in [0.05, 0.1) is 6.10 Å². The van der Waals surface area contributed by atoms with Crippen molar-refractivity contribution in [3.8, 4) is 0 Å². The van der Waals surface area contributed by atoms with Crippen molar-refractivity contribution in [3.63, 3.8) is 0 Å². The molecular formula is C16H25NO. The molecule has 1 aliphatic carbocycles. The molecule has 1 aromatic carbocycles. The number of hydrogen-bond acceptors (Lipinski definition) is 2. The van der Waals surface area contributed by atoms with Crippen LogP contribution in [0, 0.1) is 5.92 Å². The molecule has 3 unspecified atom stereocenters. The van der Waals surface area contributed by atoms with Gasteiger partial charge in [0.15, 0.2) is 0 Å². The first-order valence-corrected chi connectivity index (χ1v) is 6.95. The smallest absolute Gasteiger partial charge is 0.0747 e. The van der Waals surface area contributed by atoms with Gasteiger partial charge in [0.2, 0.25) is 0 Å². The van der Waals surface area contributed by atoms with Crippen molar-refractivity contribution in [2.24, 2.45) is 5.92 Å². The van der Waals surface area contributed by atoms with E-state index in [9.17, 15) is 0 Å². The van der Waals surface area contributed by atoms with E-state index in [0.717, 1.165) is 0 Å². The molecule has 2 heteroatoms. The van der Waals surface area contributed by atoms with Gasteiger partial charge < -0.3 is 10.1 Å². The highest BCUT2D eigenvalue weighted by Crippen LogP contribution is 2.38. The molecule has 0 amide bonds. The monoisotopic (exact) mass is 247 g/mol. The zero-order valence-corrected chi connectivity index (χ0v) is 11.9. The van der Waals surface area contributed by atoms with Crippen LogP contribution in [0.15, 0.2) is 24.3 Å². The van der Waals surface area contributed by atoms with E-state index in [1.54, 1.807) is 0 Å². The Labute approximate surface area is 111 Å². The zero-order valence-electron chi connectivity index (χ0n) is 11.9. The van der Waals surface area contributed by atoms with Gasteiger partial charge in [-0.3, -0.25) is 0 Å². The summed E-state index contributed by atoms with van der Waals surface area (Å²) in [5.41, 5.74) is 3.06. The summed E-state index contributed by atoms with van der Waals surface area (Å²) in [4.78, 5) is 0. The average Bonchev–Trinajstić information content (AvgIpc) is 2.34. The Hall–Kier alpha value is -0.860. The molecule has 0 spiro atoms. The molecule has 18 heavy (non-hydrogen) atoms. The molecule has 0 saturated heterocycles. The van der Waals surface area contributed by atoms with E-state index in [2.05, 4.69) is 43.4 Å². The van der Waals surface area contributed by atoms with Crippen molar-refractivity contribution in [1.82, 2.24) is 5.32 Å². The van der Waals surface area contributed by atoms with Crippen molar-refractivity contribution in [3.05, 3.63) is 35.4 Å². The van der Waals surface area contributed by atoms with Gasteiger partial charge in [0.25, 0.3) is 0 Å². The third-order valence-electron chi connectivity index (χ3n) is 4.20. The topological polar surface area (TPSA) is 21.3 Å². The van der Waals surface area contributed by atoms with Gasteiger partial charge in [0, 0.05) is 13.2 Å².